The summed E-state index contributed by atoms with van der Waals surface area (Å²) in [5.74, 6) is 0. The van der Waals surface area contributed by atoms with Crippen LogP contribution in [-0.2, 0) is 4.84 Å². The first kappa shape index (κ1) is 6.11. The van der Waals surface area contributed by atoms with Gasteiger partial charge in [0.15, 0.2) is 0 Å². The fraction of sp³-hybridized carbons (Fsp3) is 0.143. The Bertz CT molecular complexity index is 162. The summed E-state index contributed by atoms with van der Waals surface area (Å²) in [5.41, 5.74) is 3.63. The van der Waals surface area contributed by atoms with Crippen LogP contribution in [-0.4, -0.2) is 7.11 Å². The van der Waals surface area contributed by atoms with Crippen LogP contribution in [0.25, 0.3) is 0 Å². The average molecular weight is 122 g/mol. The summed E-state index contributed by atoms with van der Waals surface area (Å²) in [6, 6.07) is 10.3. The molecule has 9 heavy (non-hydrogen) atoms. The van der Waals surface area contributed by atoms with E-state index in [-0.39, 0.29) is 0 Å². The molecule has 1 radical (unpaired) electrons. The van der Waals surface area contributed by atoms with Crippen LogP contribution >= 0.6 is 0 Å². The highest BCUT2D eigenvalue weighted by molar-refractivity contribution is 5.39. The van der Waals surface area contributed by atoms with Crippen molar-refractivity contribution in [2.24, 2.45) is 0 Å². The maximum Gasteiger partial charge on any atom is 0.0636 e. The van der Waals surface area contributed by atoms with Gasteiger partial charge in [-0.15, -0.1) is 0 Å². The zero-order valence-corrected chi connectivity index (χ0v) is 5.22. The van der Waals surface area contributed by atoms with Crippen molar-refractivity contribution in [3.05, 3.63) is 30.3 Å². The molecule has 0 spiro atoms. The molecule has 0 fully saturated rings. The minimum Gasteiger partial charge on any atom is -0.279 e. The smallest absolute Gasteiger partial charge is 0.0636 e. The molecule has 0 aliphatic carbocycles. The van der Waals surface area contributed by atoms with Gasteiger partial charge in [-0.3, -0.25) is 10.3 Å². The van der Waals surface area contributed by atoms with Crippen molar-refractivity contribution in [1.29, 1.82) is 0 Å². The van der Waals surface area contributed by atoms with Crippen LogP contribution in [0.2, 0.25) is 0 Å². The second kappa shape index (κ2) is 3.10. The topological polar surface area (TPSA) is 21.3 Å². The van der Waals surface area contributed by atoms with Gasteiger partial charge in [-0.1, -0.05) is 12.1 Å². The molecular formula is C7H8NO. The van der Waals surface area contributed by atoms with Gasteiger partial charge in [0.05, 0.1) is 12.8 Å². The van der Waals surface area contributed by atoms with E-state index in [9.17, 15) is 0 Å². The van der Waals surface area contributed by atoms with E-state index in [2.05, 4.69) is 16.4 Å². The third-order valence-corrected chi connectivity index (χ3v) is 0.938. The third-order valence-electron chi connectivity index (χ3n) is 0.938. The van der Waals surface area contributed by atoms with Crippen LogP contribution in [0.4, 0.5) is 5.69 Å². The van der Waals surface area contributed by atoms with Crippen molar-refractivity contribution in [2.45, 2.75) is 0 Å². The van der Waals surface area contributed by atoms with Crippen molar-refractivity contribution < 1.29 is 4.84 Å². The van der Waals surface area contributed by atoms with Crippen molar-refractivity contribution >= 4 is 5.69 Å². The van der Waals surface area contributed by atoms with E-state index in [0.717, 1.165) is 5.69 Å². The lowest BCUT2D eigenvalue weighted by molar-refractivity contribution is 0.271. The van der Waals surface area contributed by atoms with E-state index < -0.39 is 0 Å². The Hall–Kier alpha value is -1.02. The lowest BCUT2D eigenvalue weighted by Gasteiger charge is -1.99. The van der Waals surface area contributed by atoms with Gasteiger partial charge in [-0.2, -0.15) is 0 Å². The average Bonchev–Trinajstić information content (AvgIpc) is 1.91. The van der Waals surface area contributed by atoms with Crippen molar-refractivity contribution in [1.82, 2.24) is 0 Å². The molecule has 0 bridgehead atoms. The molecule has 2 nitrogen and oxygen atoms in total. The lowest BCUT2D eigenvalue weighted by Crippen LogP contribution is -1.93. The monoisotopic (exact) mass is 122 g/mol. The molecule has 1 aromatic rings. The zero-order valence-electron chi connectivity index (χ0n) is 5.22. The molecule has 2 heteroatoms. The summed E-state index contributed by atoms with van der Waals surface area (Å²) in [6.45, 7) is 0. The Labute approximate surface area is 54.4 Å². The van der Waals surface area contributed by atoms with Crippen LogP contribution in [0.5, 0.6) is 0 Å². The van der Waals surface area contributed by atoms with Gasteiger partial charge in [-0.05, 0) is 18.2 Å². The van der Waals surface area contributed by atoms with Crippen molar-refractivity contribution in [2.75, 3.05) is 12.6 Å². The van der Waals surface area contributed by atoms with E-state index in [1.807, 2.05) is 24.3 Å². The third kappa shape index (κ3) is 1.74. The Morgan fingerprint density at radius 3 is 2.67 bits per heavy atom. The number of rotatable bonds is 2. The molecule has 0 heterocycles. The molecule has 0 amide bonds. The molecule has 47 valence electrons. The quantitative estimate of drug-likeness (QED) is 0.599. The molecule has 1 aromatic carbocycles. The molecule has 1 rings (SSSR count). The van der Waals surface area contributed by atoms with Gasteiger partial charge >= 0.3 is 0 Å². The molecule has 1 N–H and O–H groups in total. The van der Waals surface area contributed by atoms with Crippen LogP contribution in [0.15, 0.2) is 24.3 Å². The molecule has 0 saturated heterocycles. The molecule has 0 aromatic heterocycles. The van der Waals surface area contributed by atoms with Gasteiger partial charge in [0.1, 0.15) is 0 Å². The lowest BCUT2D eigenvalue weighted by atomic mass is 10.3. The Morgan fingerprint density at radius 2 is 2.11 bits per heavy atom. The van der Waals surface area contributed by atoms with Crippen molar-refractivity contribution in [3.63, 3.8) is 0 Å². The van der Waals surface area contributed by atoms with Gasteiger partial charge < -0.3 is 0 Å². The van der Waals surface area contributed by atoms with Crippen LogP contribution in [0, 0.1) is 6.07 Å². The predicted molar refractivity (Wildman–Crippen MR) is 35.9 cm³/mol. The second-order valence-corrected chi connectivity index (χ2v) is 1.59. The first-order chi connectivity index (χ1) is 4.43. The first-order valence-corrected chi connectivity index (χ1v) is 2.68. The second-order valence-electron chi connectivity index (χ2n) is 1.59. The first-order valence-electron chi connectivity index (χ1n) is 2.68. The van der Waals surface area contributed by atoms with Gasteiger partial charge in [-0.25, -0.2) is 0 Å². The van der Waals surface area contributed by atoms with Crippen molar-refractivity contribution in [3.8, 4) is 0 Å². The largest absolute Gasteiger partial charge is 0.279 e. The standard InChI is InChI=1S/C7H8NO/c1-9-8-7-5-3-2-4-6-7/h3-6,8H,1H3. The molecular weight excluding hydrogens is 114 g/mol. The maximum absolute atomic E-state index is 4.66. The van der Waals surface area contributed by atoms with Crippen LogP contribution < -0.4 is 5.48 Å². The van der Waals surface area contributed by atoms with E-state index in [1.165, 1.54) is 0 Å². The van der Waals surface area contributed by atoms with E-state index in [4.69, 9.17) is 0 Å². The highest BCUT2D eigenvalue weighted by Crippen LogP contribution is 2.02. The van der Waals surface area contributed by atoms with Gasteiger partial charge in [0, 0.05) is 0 Å². The summed E-state index contributed by atoms with van der Waals surface area (Å²) < 4.78 is 0. The molecule has 0 unspecified atom stereocenters. The molecule has 0 atom stereocenters. The summed E-state index contributed by atoms with van der Waals surface area (Å²) in [5, 5.41) is 0. The fourth-order valence-electron chi connectivity index (χ4n) is 0.573. The van der Waals surface area contributed by atoms with E-state index in [1.54, 1.807) is 7.11 Å². The summed E-state index contributed by atoms with van der Waals surface area (Å²) >= 11 is 0. The zero-order chi connectivity index (χ0) is 6.53. The minimum absolute atomic E-state index is 0.941. The van der Waals surface area contributed by atoms with Crippen LogP contribution in [0.1, 0.15) is 0 Å². The summed E-state index contributed by atoms with van der Waals surface area (Å²) in [6.07, 6.45) is 0. The van der Waals surface area contributed by atoms with E-state index >= 15 is 0 Å². The number of hydrogen-bond acceptors (Lipinski definition) is 2. The number of nitrogens with one attached hydrogen (secondary N) is 1. The molecule has 0 aliphatic heterocycles. The van der Waals surface area contributed by atoms with Gasteiger partial charge in [0.25, 0.3) is 0 Å². The van der Waals surface area contributed by atoms with Gasteiger partial charge in [0.2, 0.25) is 0 Å². The molecule has 0 saturated carbocycles. The van der Waals surface area contributed by atoms with E-state index in [0.29, 0.717) is 0 Å². The highest BCUT2D eigenvalue weighted by atomic mass is 16.6. The summed E-state index contributed by atoms with van der Waals surface area (Å²) in [4.78, 5) is 4.66. The fourth-order valence-corrected chi connectivity index (χ4v) is 0.573. The Kier molecular flexibility index (Phi) is 2.10. The Morgan fingerprint density at radius 1 is 1.44 bits per heavy atom. The minimum atomic E-state index is 0.941. The normalized spacial score (nSPS) is 9.00. The molecule has 0 aliphatic rings. The number of benzene rings is 1. The summed E-state index contributed by atoms with van der Waals surface area (Å²) in [7, 11) is 1.58. The SMILES string of the molecule is CONc1cc[c]cc1. The maximum atomic E-state index is 4.66. The highest BCUT2D eigenvalue weighted by Gasteiger charge is 1.82. The Balaban J connectivity index is 2.61. The number of hydrogen-bond donors (Lipinski definition) is 1. The number of anilines is 1. The predicted octanol–water partition coefficient (Wildman–Crippen LogP) is 1.46. The van der Waals surface area contributed by atoms with Crippen LogP contribution in [0.3, 0.4) is 0 Å².